The molecule has 0 saturated carbocycles. The monoisotopic (exact) mass is 2280 g/mol. The van der Waals surface area contributed by atoms with Crippen LogP contribution in [-0.2, 0) is 0 Å². The van der Waals surface area contributed by atoms with Crippen LogP contribution < -0.4 is 54.0 Å². The zero-order valence-electron chi connectivity index (χ0n) is 77.6. The van der Waals surface area contributed by atoms with E-state index in [1.165, 1.54) is 92.1 Å². The molecule has 10 heterocycles. The molecule has 17 rings (SSSR count). The standard InChI is InChI=1S/C28H32N8O4.C21H18FN7O3.C14H15FN6.C8H8ClFN4.C7H4ClNO3.C7H15NO.C6H8N2.4ClH.2Sn/c1-18(2)35-17-29-24-25(32-28(33-26(24)35)34-14-4-3-8-22(34)13-15-37)30-20-6-5-7-21(16-20)31-27(38)19-9-11-23(12-10-19)36(39)40;1-12(2)28-11-23-17-18(26-21(22)27-19(17)28)24-14-4-3-5-15(10-14)25-20(30)13-6-8-16(9-7-13)29(31)32;1-8(2)21-7-17-11-12(19-14(15)20-13(11)21)18-10-5-3-4-9(16)6-10;1-4(2)14-3-11-5-6(9)12-8(10)13-7(5)14;8-7(10)5-1-3-6(4-2-5)9(11)12;9-6-4-7-3-1-2-5-8-7;7-5-2-1-3-6(8)4-5;;;;;;/h5-7,9-12,16-18,22,37H,3-4,8,13-15H2,1-2H3,(H,31,38)(H,30,32,33);3-12H,1-2H3,(H,25,30)(H,24,26,27);3-8H,16H2,1-2H3,(H,18,19,20);3-4H,1-2H3;1-4H;7-9H,1-6H2;1-4H,7-8H2;4*1H;;/q;;;;;;;;;;;2*+2/p-4. The van der Waals surface area contributed by atoms with Crippen molar-refractivity contribution in [2.24, 2.45) is 0 Å². The van der Waals surface area contributed by atoms with Crippen LogP contribution in [0.1, 0.15) is 162 Å². The molecule has 2 aliphatic heterocycles. The molecule has 8 aromatic heterocycles. The van der Waals surface area contributed by atoms with Crippen molar-refractivity contribution in [2.75, 3.05) is 75.0 Å². The van der Waals surface area contributed by atoms with Crippen molar-refractivity contribution >= 4 is 244 Å². The van der Waals surface area contributed by atoms with E-state index in [9.17, 15) is 63.0 Å². The first-order valence-electron chi connectivity index (χ1n) is 43.7. The molecule has 0 bridgehead atoms. The first-order chi connectivity index (χ1) is 67.9. The Labute approximate surface area is 857 Å². The second kappa shape index (κ2) is 56.1. The van der Waals surface area contributed by atoms with Gasteiger partial charge < -0.3 is 82.5 Å². The van der Waals surface area contributed by atoms with E-state index in [-0.39, 0.29) is 81.9 Å². The van der Waals surface area contributed by atoms with Crippen molar-refractivity contribution in [3.05, 3.63) is 266 Å². The molecule has 15 aromatic rings. The van der Waals surface area contributed by atoms with E-state index in [0.717, 1.165) is 44.4 Å². The van der Waals surface area contributed by atoms with Crippen LogP contribution in [0.25, 0.3) is 44.7 Å². The fourth-order valence-electron chi connectivity index (χ4n) is 14.0. The summed E-state index contributed by atoms with van der Waals surface area (Å²) >= 11 is 9.19. The number of aliphatic hydroxyl groups excluding tert-OH is 2. The van der Waals surface area contributed by atoms with Gasteiger partial charge in [0.2, 0.25) is 5.95 Å². The van der Waals surface area contributed by atoms with Gasteiger partial charge in [-0.1, -0.05) is 42.3 Å². The van der Waals surface area contributed by atoms with Gasteiger partial charge in [-0.15, -0.1) is 0 Å². The Bertz CT molecular complexity index is 6690. The fourth-order valence-corrected chi connectivity index (χ4v) is 14.3. The van der Waals surface area contributed by atoms with E-state index in [1.54, 1.807) is 112 Å². The predicted molar refractivity (Wildman–Crippen MR) is 551 cm³/mol. The number of nitrogens with two attached hydrogens (primary N) is 3. The minimum atomic E-state index is -0.884. The first kappa shape index (κ1) is 113. The molecule has 2 aliphatic rings. The van der Waals surface area contributed by atoms with Gasteiger partial charge in [0.25, 0.3) is 34.1 Å². The number of nitro groups is 3. The summed E-state index contributed by atoms with van der Waals surface area (Å²) in [5.74, 6) is 0.857. The number of rotatable bonds is 23. The number of fused-ring (bicyclic) bond motifs is 4. The van der Waals surface area contributed by atoms with Crippen molar-refractivity contribution in [2.45, 2.75) is 143 Å². The Morgan fingerprint density at radius 2 is 0.796 bits per heavy atom. The van der Waals surface area contributed by atoms with Gasteiger partial charge in [-0.2, -0.15) is 53.0 Å². The van der Waals surface area contributed by atoms with Crippen molar-refractivity contribution in [1.82, 2.24) is 83.4 Å². The van der Waals surface area contributed by atoms with E-state index < -0.39 is 81.9 Å². The van der Waals surface area contributed by atoms with Crippen molar-refractivity contribution in [1.29, 1.82) is 0 Å². The average Bonchev–Trinajstić information content (AvgIpc) is 1.58. The molecule has 0 aliphatic carbocycles. The first-order valence-corrected chi connectivity index (χ1v) is 58.9. The number of nitrogen functional groups attached to an aromatic ring is 3. The van der Waals surface area contributed by atoms with Gasteiger partial charge >= 0.3 is 91.7 Å². The molecule has 2 unspecified atom stereocenters. The number of carbonyl (C=O) groups is 3. The second-order valence-electron chi connectivity index (χ2n) is 32.1. The van der Waals surface area contributed by atoms with Crippen LogP contribution in [0.15, 0.2) is 195 Å². The predicted octanol–water partition coefficient (Wildman–Crippen LogP) is 19.9. The summed E-state index contributed by atoms with van der Waals surface area (Å²) in [6, 6.07) is 45.3. The van der Waals surface area contributed by atoms with Crippen LogP contribution in [0.5, 0.6) is 0 Å². The summed E-state index contributed by atoms with van der Waals surface area (Å²) in [4.78, 5) is 118. The summed E-state index contributed by atoms with van der Waals surface area (Å²) in [5, 5.41) is 67.8. The van der Waals surface area contributed by atoms with Gasteiger partial charge in [-0.3, -0.25) is 44.7 Å². The minimum absolute atomic E-state index is 0.0418. The van der Waals surface area contributed by atoms with E-state index in [4.69, 9.17) is 91.2 Å². The Balaban J connectivity index is 0.000000196. The molecule has 14 N–H and O–H groups in total. The third-order valence-electron chi connectivity index (χ3n) is 20.8. The molecule has 142 heavy (non-hydrogen) atoms. The summed E-state index contributed by atoms with van der Waals surface area (Å²) in [6.45, 7) is 18.3. The molecule has 2 saturated heterocycles. The molecular weight excluding hydrogens is 2180 g/mol. The van der Waals surface area contributed by atoms with E-state index in [2.05, 4.69) is 100 Å². The average molecular weight is 2280 g/mol. The van der Waals surface area contributed by atoms with E-state index in [1.807, 2.05) is 70.4 Å². The summed E-state index contributed by atoms with van der Waals surface area (Å²) < 4.78 is 47.9. The summed E-state index contributed by atoms with van der Waals surface area (Å²) in [7, 11) is 19.7. The Morgan fingerprint density at radius 3 is 1.16 bits per heavy atom. The molecule has 0 spiro atoms. The Kier molecular flexibility index (Phi) is 44.6. The van der Waals surface area contributed by atoms with Crippen LogP contribution in [0.4, 0.5) is 99.1 Å². The van der Waals surface area contributed by atoms with Gasteiger partial charge in [0, 0.05) is 155 Å². The summed E-state index contributed by atoms with van der Waals surface area (Å²) in [6.07, 6.45) is 12.6. The van der Waals surface area contributed by atoms with Crippen LogP contribution in [-0.4, -0.2) is 196 Å². The number of nitro benzene ring substituents is 3. The number of non-ortho nitro benzene ring substituents is 3. The van der Waals surface area contributed by atoms with E-state index >= 15 is 0 Å². The summed E-state index contributed by atoms with van der Waals surface area (Å²) in [5.41, 5.74) is 26.1. The van der Waals surface area contributed by atoms with Crippen molar-refractivity contribution < 1.29 is 52.5 Å². The zero-order chi connectivity index (χ0) is 103. The van der Waals surface area contributed by atoms with Gasteiger partial charge in [-0.25, -0.2) is 19.9 Å². The number of anilines is 12. The molecule has 746 valence electrons. The normalized spacial score (nSPS) is 13.0. The molecule has 2 atom stereocenters. The number of nitrogens with one attached hydrogen (secondary N) is 6. The van der Waals surface area contributed by atoms with Gasteiger partial charge in [0.15, 0.2) is 61.7 Å². The van der Waals surface area contributed by atoms with E-state index in [0.29, 0.717) is 127 Å². The number of benzene rings is 7. The molecule has 2 fully saturated rings. The van der Waals surface area contributed by atoms with Gasteiger partial charge in [-0.05, 0) is 228 Å². The number of imidazole rings is 4. The van der Waals surface area contributed by atoms with Crippen LogP contribution in [0.2, 0.25) is 5.15 Å². The quantitative estimate of drug-likeness (QED) is 0.00539. The number of hydrogen-bond donors (Lipinski definition) is 11. The topological polar surface area (TPSA) is 549 Å². The number of halogens is 9. The Morgan fingerprint density at radius 1 is 0.451 bits per heavy atom. The molecule has 7 aromatic carbocycles. The molecule has 51 heteroatoms. The SMILES string of the molecule is CC(C)n1cnc2c(Cl)nc(F)nc21.CC(C)n1cnc2c(Nc3cccc(N)c3)nc(F)nc21.CC(C)n1cnc2c(Nc3cccc(NC(=O)c4ccc([N+](=O)[O-])cc4)c3)nc(F)nc21.CC(C)n1cnc2c(Nc3cccc(NC(=O)c4ccc([N+](=O)[O-])cc4)c3)nc(N3CCCCC3CCO)nc21.Nc1cccc(N)c1.O=C(Cl)c1ccc([N+](=O)[O-])cc1.OCCC1CCCCN1.[Cl][Sn][Cl].[Cl][Sn][Cl]. The second-order valence-corrected chi connectivity index (χ2v) is 41.3. The van der Waals surface area contributed by atoms with Crippen molar-refractivity contribution in [3.63, 3.8) is 0 Å². The third-order valence-corrected chi connectivity index (χ3v) is 21.3. The number of carbonyl (C=O) groups excluding carboxylic acids is 3. The van der Waals surface area contributed by atoms with Crippen LogP contribution in [0.3, 0.4) is 0 Å². The maximum atomic E-state index is 14.0. The Hall–Kier alpha value is -12.8. The number of nitrogens with zero attached hydrogens (tertiary/aromatic N) is 20. The van der Waals surface area contributed by atoms with Gasteiger partial charge in [0.05, 0.1) is 40.1 Å². The molecular formula is C91H100Cl6F3N29O11Sn2. The molecule has 4 radical (unpaired) electrons. The van der Waals surface area contributed by atoms with Gasteiger partial charge in [0.1, 0.15) is 5.52 Å². The third kappa shape index (κ3) is 33.4. The molecule has 40 nitrogen and oxygen atoms in total. The van der Waals surface area contributed by atoms with Crippen LogP contribution >= 0.6 is 58.9 Å². The zero-order valence-corrected chi connectivity index (χ0v) is 87.8. The number of piperidine rings is 2. The number of aliphatic hydroxyl groups is 2. The number of amides is 2. The molecule has 2 amide bonds. The van der Waals surface area contributed by atoms with Crippen molar-refractivity contribution in [3.8, 4) is 0 Å². The number of hydrogen-bond acceptors (Lipinski definition) is 31. The fraction of sp³-hybridized carbons (Fsp3) is 0.286. The number of aromatic nitrogens is 16. The van der Waals surface area contributed by atoms with Crippen LogP contribution in [0, 0.1) is 48.6 Å². The maximum absolute atomic E-state index is 14.0.